The van der Waals surface area contributed by atoms with Crippen molar-refractivity contribution in [3.8, 4) is 0 Å². The lowest BCUT2D eigenvalue weighted by molar-refractivity contribution is -0.142. The topological polar surface area (TPSA) is 78.9 Å². The third-order valence-corrected chi connectivity index (χ3v) is 4.45. The molecule has 0 saturated heterocycles. The Morgan fingerprint density at radius 1 is 1.45 bits per heavy atom. The summed E-state index contributed by atoms with van der Waals surface area (Å²) in [5.74, 6) is 0.479. The SMILES string of the molecule is CC(C)N(CCC(N)=NO)C(=O)C1CCCCC1(C)C. The van der Waals surface area contributed by atoms with Crippen LogP contribution in [-0.4, -0.2) is 34.4 Å². The van der Waals surface area contributed by atoms with Gasteiger partial charge < -0.3 is 15.8 Å². The first-order chi connectivity index (χ1) is 9.29. The first-order valence-electron chi connectivity index (χ1n) is 7.56. The van der Waals surface area contributed by atoms with E-state index in [4.69, 9.17) is 10.9 Å². The van der Waals surface area contributed by atoms with Gasteiger partial charge in [-0.25, -0.2) is 0 Å². The highest BCUT2D eigenvalue weighted by Crippen LogP contribution is 2.41. The Bertz CT molecular complexity index is 364. The van der Waals surface area contributed by atoms with E-state index >= 15 is 0 Å². The maximum atomic E-state index is 12.8. The number of oxime groups is 1. The zero-order valence-electron chi connectivity index (χ0n) is 13.2. The Hall–Kier alpha value is -1.26. The molecule has 1 saturated carbocycles. The second kappa shape index (κ2) is 6.95. The van der Waals surface area contributed by atoms with Crippen molar-refractivity contribution < 1.29 is 10.0 Å². The minimum atomic E-state index is 0.0685. The smallest absolute Gasteiger partial charge is 0.226 e. The average molecular weight is 283 g/mol. The molecule has 1 unspecified atom stereocenters. The monoisotopic (exact) mass is 283 g/mol. The molecule has 0 heterocycles. The van der Waals surface area contributed by atoms with Crippen LogP contribution in [0.4, 0.5) is 0 Å². The molecule has 0 aromatic carbocycles. The fraction of sp³-hybridized carbons (Fsp3) is 0.867. The van der Waals surface area contributed by atoms with Gasteiger partial charge in [-0.2, -0.15) is 0 Å². The number of nitrogens with zero attached hydrogens (tertiary/aromatic N) is 2. The van der Waals surface area contributed by atoms with Crippen LogP contribution in [0.2, 0.25) is 0 Å². The van der Waals surface area contributed by atoms with E-state index in [9.17, 15) is 4.79 Å². The van der Waals surface area contributed by atoms with Crippen LogP contribution in [0.3, 0.4) is 0 Å². The van der Waals surface area contributed by atoms with Crippen LogP contribution in [0.5, 0.6) is 0 Å². The summed E-state index contributed by atoms with van der Waals surface area (Å²) in [5, 5.41) is 11.6. The molecule has 1 rings (SSSR count). The van der Waals surface area contributed by atoms with Crippen molar-refractivity contribution in [1.82, 2.24) is 4.90 Å². The van der Waals surface area contributed by atoms with Crippen molar-refractivity contribution in [3.63, 3.8) is 0 Å². The van der Waals surface area contributed by atoms with Gasteiger partial charge in [0.05, 0.1) is 0 Å². The van der Waals surface area contributed by atoms with Gasteiger partial charge in [0.1, 0.15) is 5.84 Å². The number of nitrogens with two attached hydrogens (primary N) is 1. The van der Waals surface area contributed by atoms with Crippen molar-refractivity contribution >= 4 is 11.7 Å². The Balaban J connectivity index is 2.77. The number of hydrogen-bond donors (Lipinski definition) is 2. The molecule has 1 aliphatic rings. The second-order valence-electron chi connectivity index (χ2n) is 6.75. The molecule has 1 atom stereocenters. The Kier molecular flexibility index (Phi) is 5.84. The highest BCUT2D eigenvalue weighted by Gasteiger charge is 2.39. The molecule has 0 aromatic heterocycles. The van der Waals surface area contributed by atoms with Crippen molar-refractivity contribution in [2.24, 2.45) is 22.2 Å². The van der Waals surface area contributed by atoms with E-state index in [1.54, 1.807) is 0 Å². The molecule has 116 valence electrons. The summed E-state index contributed by atoms with van der Waals surface area (Å²) in [4.78, 5) is 14.7. The van der Waals surface area contributed by atoms with Crippen LogP contribution in [0.25, 0.3) is 0 Å². The standard InChI is InChI=1S/C15H29N3O2/c1-11(2)18(10-8-13(16)17-20)14(19)12-7-5-6-9-15(12,3)4/h11-12,20H,5-10H2,1-4H3,(H2,16,17). The van der Waals surface area contributed by atoms with E-state index in [1.807, 2.05) is 18.7 Å². The van der Waals surface area contributed by atoms with Gasteiger partial charge in [0, 0.05) is 24.9 Å². The summed E-state index contributed by atoms with van der Waals surface area (Å²) >= 11 is 0. The van der Waals surface area contributed by atoms with Crippen LogP contribution in [0.15, 0.2) is 5.16 Å². The highest BCUT2D eigenvalue weighted by atomic mass is 16.4. The first kappa shape index (κ1) is 16.8. The number of amides is 1. The second-order valence-corrected chi connectivity index (χ2v) is 6.75. The molecular formula is C15H29N3O2. The summed E-state index contributed by atoms with van der Waals surface area (Å²) in [6.07, 6.45) is 4.83. The number of carbonyl (C=O) groups excluding carboxylic acids is 1. The Morgan fingerprint density at radius 3 is 2.60 bits per heavy atom. The number of rotatable bonds is 5. The molecule has 1 aliphatic carbocycles. The minimum absolute atomic E-state index is 0.0685. The molecular weight excluding hydrogens is 254 g/mol. The fourth-order valence-corrected chi connectivity index (χ4v) is 3.06. The highest BCUT2D eigenvalue weighted by molar-refractivity contribution is 5.82. The summed E-state index contributed by atoms with van der Waals surface area (Å²) < 4.78 is 0. The van der Waals surface area contributed by atoms with Crippen molar-refractivity contribution in [1.29, 1.82) is 0 Å². The fourth-order valence-electron chi connectivity index (χ4n) is 3.06. The van der Waals surface area contributed by atoms with Crippen molar-refractivity contribution in [3.05, 3.63) is 0 Å². The predicted octanol–water partition coefficient (Wildman–Crippen LogP) is 2.58. The zero-order chi connectivity index (χ0) is 15.3. The van der Waals surface area contributed by atoms with Crippen LogP contribution >= 0.6 is 0 Å². The van der Waals surface area contributed by atoms with Gasteiger partial charge in [-0.15, -0.1) is 0 Å². The van der Waals surface area contributed by atoms with Crippen molar-refractivity contribution in [2.45, 2.75) is 65.8 Å². The summed E-state index contributed by atoms with van der Waals surface area (Å²) in [6, 6.07) is 0.131. The molecule has 5 heteroatoms. The van der Waals surface area contributed by atoms with Crippen molar-refractivity contribution in [2.75, 3.05) is 6.54 Å². The number of amidine groups is 1. The lowest BCUT2D eigenvalue weighted by atomic mass is 9.68. The van der Waals surface area contributed by atoms with Crippen LogP contribution in [0, 0.1) is 11.3 Å². The van der Waals surface area contributed by atoms with Gasteiger partial charge in [0.25, 0.3) is 0 Å². The molecule has 0 bridgehead atoms. The van der Waals surface area contributed by atoms with E-state index < -0.39 is 0 Å². The van der Waals surface area contributed by atoms with Gasteiger partial charge in [-0.05, 0) is 32.1 Å². The lowest BCUT2D eigenvalue weighted by Crippen LogP contribution is -2.47. The molecule has 0 spiro atoms. The van der Waals surface area contributed by atoms with Gasteiger partial charge in [0.2, 0.25) is 5.91 Å². The quantitative estimate of drug-likeness (QED) is 0.352. The lowest BCUT2D eigenvalue weighted by Gasteiger charge is -2.41. The number of carbonyl (C=O) groups is 1. The third-order valence-electron chi connectivity index (χ3n) is 4.45. The third kappa shape index (κ3) is 4.12. The van der Waals surface area contributed by atoms with E-state index in [1.165, 1.54) is 6.42 Å². The molecule has 20 heavy (non-hydrogen) atoms. The maximum Gasteiger partial charge on any atom is 0.226 e. The molecule has 0 aliphatic heterocycles. The van der Waals surface area contributed by atoms with Gasteiger partial charge in [-0.3, -0.25) is 4.79 Å². The maximum absolute atomic E-state index is 12.8. The van der Waals surface area contributed by atoms with Crippen LogP contribution < -0.4 is 5.73 Å². The van der Waals surface area contributed by atoms with E-state index in [2.05, 4.69) is 19.0 Å². The normalized spacial score (nSPS) is 22.9. The molecule has 3 N–H and O–H groups in total. The van der Waals surface area contributed by atoms with Gasteiger partial charge in [-0.1, -0.05) is 31.8 Å². The molecule has 5 nitrogen and oxygen atoms in total. The zero-order valence-corrected chi connectivity index (χ0v) is 13.2. The van der Waals surface area contributed by atoms with E-state index in [0.717, 1.165) is 19.3 Å². The predicted molar refractivity (Wildman–Crippen MR) is 80.6 cm³/mol. The van der Waals surface area contributed by atoms with Crippen LogP contribution in [-0.2, 0) is 4.79 Å². The molecule has 1 amide bonds. The Labute approximate surface area is 122 Å². The van der Waals surface area contributed by atoms with E-state index in [-0.39, 0.29) is 29.1 Å². The molecule has 1 fully saturated rings. The van der Waals surface area contributed by atoms with Gasteiger partial charge >= 0.3 is 0 Å². The van der Waals surface area contributed by atoms with Crippen LogP contribution in [0.1, 0.15) is 59.8 Å². The largest absolute Gasteiger partial charge is 0.409 e. The Morgan fingerprint density at radius 2 is 2.10 bits per heavy atom. The molecule has 0 aromatic rings. The number of hydrogen-bond acceptors (Lipinski definition) is 3. The first-order valence-corrected chi connectivity index (χ1v) is 7.56. The molecule has 0 radical (unpaired) electrons. The summed E-state index contributed by atoms with van der Waals surface area (Å²) in [7, 11) is 0. The summed E-state index contributed by atoms with van der Waals surface area (Å²) in [6.45, 7) is 8.92. The summed E-state index contributed by atoms with van der Waals surface area (Å²) in [5.41, 5.74) is 5.58. The average Bonchev–Trinajstić information content (AvgIpc) is 2.37. The van der Waals surface area contributed by atoms with E-state index in [0.29, 0.717) is 13.0 Å². The minimum Gasteiger partial charge on any atom is -0.409 e. The van der Waals surface area contributed by atoms with Gasteiger partial charge in [0.15, 0.2) is 0 Å².